The molecule has 7 nitrogen and oxygen atoms in total. The lowest BCUT2D eigenvalue weighted by atomic mass is 9.88. The zero-order valence-electron chi connectivity index (χ0n) is 21.2. The predicted molar refractivity (Wildman–Crippen MR) is 138 cm³/mol. The summed E-state index contributed by atoms with van der Waals surface area (Å²) < 4.78 is 14.0. The fourth-order valence-electron chi connectivity index (χ4n) is 5.00. The summed E-state index contributed by atoms with van der Waals surface area (Å²) in [5, 5.41) is 15.2. The molecule has 0 spiro atoms. The van der Waals surface area contributed by atoms with E-state index in [-0.39, 0.29) is 24.0 Å². The molecule has 1 fully saturated rings. The number of nitrogens with one attached hydrogen (secondary N) is 2. The first-order chi connectivity index (χ1) is 17.2. The summed E-state index contributed by atoms with van der Waals surface area (Å²) in [5.41, 5.74) is 2.30. The van der Waals surface area contributed by atoms with Gasteiger partial charge in [-0.25, -0.2) is 9.18 Å². The first-order valence-electron chi connectivity index (χ1n) is 12.6. The number of benzene rings is 2. The van der Waals surface area contributed by atoms with Gasteiger partial charge in [-0.2, -0.15) is 0 Å². The maximum Gasteiger partial charge on any atom is 0.319 e. The largest absolute Gasteiger partial charge is 0.391 e. The normalized spacial score (nSPS) is 19.5. The summed E-state index contributed by atoms with van der Waals surface area (Å²) in [6, 6.07) is 11.0. The second kappa shape index (κ2) is 12.7. The first-order valence-corrected chi connectivity index (χ1v) is 12.6. The fourth-order valence-corrected chi connectivity index (χ4v) is 5.00. The minimum Gasteiger partial charge on any atom is -0.391 e. The quantitative estimate of drug-likeness (QED) is 0.246. The van der Waals surface area contributed by atoms with Gasteiger partial charge in [-0.3, -0.25) is 9.59 Å². The van der Waals surface area contributed by atoms with Crippen molar-refractivity contribution in [2.24, 2.45) is 5.92 Å². The van der Waals surface area contributed by atoms with Crippen molar-refractivity contribution in [3.63, 3.8) is 0 Å². The second-order valence-electron chi connectivity index (χ2n) is 9.88. The number of urea groups is 1. The van der Waals surface area contributed by atoms with Crippen LogP contribution in [0.4, 0.5) is 14.9 Å². The van der Waals surface area contributed by atoms with Crippen LogP contribution < -0.4 is 10.6 Å². The highest BCUT2D eigenvalue weighted by molar-refractivity contribution is 6.02. The van der Waals surface area contributed by atoms with Crippen LogP contribution in [0.25, 0.3) is 0 Å². The highest BCUT2D eigenvalue weighted by Crippen LogP contribution is 2.27. The van der Waals surface area contributed by atoms with E-state index in [1.54, 1.807) is 12.1 Å². The molecular formula is C28H37FN3O4+. The molecular weight excluding hydrogens is 461 g/mol. The van der Waals surface area contributed by atoms with Crippen LogP contribution in [0, 0.1) is 11.7 Å². The molecule has 1 aliphatic rings. The molecule has 0 aliphatic carbocycles. The van der Waals surface area contributed by atoms with Gasteiger partial charge < -0.3 is 20.2 Å². The van der Waals surface area contributed by atoms with Gasteiger partial charge in [0.1, 0.15) is 12.4 Å². The Morgan fingerprint density at radius 3 is 2.14 bits per heavy atom. The molecule has 1 aliphatic heterocycles. The average molecular weight is 499 g/mol. The van der Waals surface area contributed by atoms with Crippen molar-refractivity contribution < 1.29 is 28.4 Å². The predicted octanol–water partition coefficient (Wildman–Crippen LogP) is 4.20. The third kappa shape index (κ3) is 7.96. The van der Waals surface area contributed by atoms with Crippen molar-refractivity contribution in [1.82, 2.24) is 5.32 Å². The summed E-state index contributed by atoms with van der Waals surface area (Å²) in [6.07, 6.45) is 3.81. The number of halogens is 1. The summed E-state index contributed by atoms with van der Waals surface area (Å²) >= 11 is 0. The number of carbonyl (C=O) groups excluding carboxylic acids is 3. The van der Waals surface area contributed by atoms with Crippen molar-refractivity contribution in [2.75, 3.05) is 44.6 Å². The molecule has 2 aromatic carbocycles. The number of piperidine rings is 1. The van der Waals surface area contributed by atoms with E-state index in [1.807, 2.05) is 12.1 Å². The number of Topliss-reactive ketones (excluding diaryl/α,β-unsaturated/α-hetero) is 2. The van der Waals surface area contributed by atoms with Crippen LogP contribution in [0.15, 0.2) is 42.5 Å². The first kappa shape index (κ1) is 27.5. The molecule has 0 saturated carbocycles. The minimum absolute atomic E-state index is 0.127. The molecule has 0 unspecified atom stereocenters. The van der Waals surface area contributed by atoms with E-state index in [4.69, 9.17) is 0 Å². The zero-order valence-corrected chi connectivity index (χ0v) is 21.2. The van der Waals surface area contributed by atoms with E-state index in [1.165, 1.54) is 32.0 Å². The van der Waals surface area contributed by atoms with Gasteiger partial charge >= 0.3 is 6.03 Å². The number of aliphatic hydroxyl groups excluding tert-OH is 1. The number of aliphatic hydroxyl groups is 1. The number of ketones is 2. The van der Waals surface area contributed by atoms with Crippen molar-refractivity contribution >= 4 is 23.3 Å². The van der Waals surface area contributed by atoms with E-state index in [2.05, 4.69) is 10.6 Å². The molecule has 1 heterocycles. The van der Waals surface area contributed by atoms with E-state index >= 15 is 0 Å². The van der Waals surface area contributed by atoms with Gasteiger partial charge in [-0.15, -0.1) is 0 Å². The number of nitrogens with zero attached hydrogens (tertiary/aromatic N) is 1. The number of carbonyl (C=O) groups is 3. The van der Waals surface area contributed by atoms with E-state index in [0.717, 1.165) is 55.4 Å². The highest BCUT2D eigenvalue weighted by atomic mass is 19.1. The van der Waals surface area contributed by atoms with Gasteiger partial charge in [0.2, 0.25) is 0 Å². The number of hydrogen-bond donors (Lipinski definition) is 3. The van der Waals surface area contributed by atoms with Crippen LogP contribution in [0.2, 0.25) is 0 Å². The summed E-state index contributed by atoms with van der Waals surface area (Å²) in [7, 11) is 0. The lowest BCUT2D eigenvalue weighted by molar-refractivity contribution is -0.934. The Kier molecular flexibility index (Phi) is 9.73. The summed E-state index contributed by atoms with van der Waals surface area (Å²) in [6.45, 7) is 6.94. The van der Waals surface area contributed by atoms with Crippen LogP contribution in [-0.4, -0.2) is 66.5 Å². The van der Waals surface area contributed by atoms with Gasteiger partial charge in [0.15, 0.2) is 11.6 Å². The van der Waals surface area contributed by atoms with Gasteiger partial charge in [-0.05, 0) is 74.9 Å². The molecule has 2 aromatic rings. The van der Waals surface area contributed by atoms with E-state index < -0.39 is 6.03 Å². The van der Waals surface area contributed by atoms with Crippen LogP contribution in [0.1, 0.15) is 59.4 Å². The zero-order chi connectivity index (χ0) is 26.1. The average Bonchev–Trinajstić information content (AvgIpc) is 2.84. The number of amides is 2. The van der Waals surface area contributed by atoms with Crippen molar-refractivity contribution in [2.45, 2.75) is 39.5 Å². The van der Waals surface area contributed by atoms with E-state index in [0.29, 0.717) is 35.8 Å². The third-order valence-electron chi connectivity index (χ3n) is 7.13. The monoisotopic (exact) mass is 498 g/mol. The van der Waals surface area contributed by atoms with E-state index in [9.17, 15) is 23.9 Å². The molecule has 194 valence electrons. The van der Waals surface area contributed by atoms with Gasteiger partial charge in [0.05, 0.1) is 26.2 Å². The topological polar surface area (TPSA) is 95.5 Å². The number of rotatable bonds is 11. The Morgan fingerprint density at radius 2 is 1.58 bits per heavy atom. The number of hydrogen-bond acceptors (Lipinski definition) is 4. The summed E-state index contributed by atoms with van der Waals surface area (Å²) in [5.74, 6) is -0.0227. The number of anilines is 1. The Hall–Kier alpha value is -3.10. The molecule has 0 aromatic heterocycles. The number of quaternary nitrogens is 1. The van der Waals surface area contributed by atoms with Crippen LogP contribution in [0.5, 0.6) is 0 Å². The SMILES string of the molecule is CC(=O)c1cc(NC(=O)NCCC[N+]2(CCO)CCC(Cc3ccc(F)cc3)CC2)cc(C(C)=O)c1. The Balaban J connectivity index is 1.47. The van der Waals surface area contributed by atoms with Gasteiger partial charge in [0.25, 0.3) is 0 Å². The molecule has 3 N–H and O–H groups in total. The maximum atomic E-state index is 13.2. The number of likely N-dealkylation sites (tertiary alicyclic amines) is 1. The Bertz CT molecular complexity index is 1030. The Morgan fingerprint density at radius 1 is 0.972 bits per heavy atom. The van der Waals surface area contributed by atoms with Crippen LogP contribution >= 0.6 is 0 Å². The lowest BCUT2D eigenvalue weighted by Crippen LogP contribution is -2.55. The van der Waals surface area contributed by atoms with Crippen molar-refractivity contribution in [3.05, 3.63) is 65.0 Å². The van der Waals surface area contributed by atoms with Crippen molar-refractivity contribution in [3.8, 4) is 0 Å². The lowest BCUT2D eigenvalue weighted by Gasteiger charge is -2.43. The highest BCUT2D eigenvalue weighted by Gasteiger charge is 2.33. The molecule has 0 radical (unpaired) electrons. The molecule has 1 saturated heterocycles. The molecule has 2 amide bonds. The van der Waals surface area contributed by atoms with Gasteiger partial charge in [0, 0.05) is 29.8 Å². The van der Waals surface area contributed by atoms with Gasteiger partial charge in [-0.1, -0.05) is 12.1 Å². The molecule has 36 heavy (non-hydrogen) atoms. The maximum absolute atomic E-state index is 13.2. The molecule has 3 rings (SSSR count). The molecule has 0 atom stereocenters. The standard InChI is InChI=1S/C28H36FN3O4/c1-20(34)24-17-25(21(2)35)19-27(18-24)31-28(36)30-10-3-11-32(14-15-33)12-8-23(9-13-32)16-22-4-6-26(29)7-5-22/h4-7,17-19,23,33H,3,8-16H2,1-2H3,(H-,30,31,36)/p+1. The smallest absolute Gasteiger partial charge is 0.319 e. The minimum atomic E-state index is -0.392. The van der Waals surface area contributed by atoms with Crippen LogP contribution in [-0.2, 0) is 6.42 Å². The molecule has 8 heteroatoms. The third-order valence-corrected chi connectivity index (χ3v) is 7.13. The second-order valence-corrected chi connectivity index (χ2v) is 9.88. The summed E-state index contributed by atoms with van der Waals surface area (Å²) in [4.78, 5) is 35.9. The molecule has 0 bridgehead atoms. The fraction of sp³-hybridized carbons (Fsp3) is 0.464. The van der Waals surface area contributed by atoms with Crippen molar-refractivity contribution in [1.29, 1.82) is 0 Å². The Labute approximate surface area is 212 Å². The van der Waals surface area contributed by atoms with Crippen LogP contribution in [0.3, 0.4) is 0 Å².